The number of carboxylic acids is 1. The van der Waals surface area contributed by atoms with Crippen molar-refractivity contribution in [3.05, 3.63) is 39.7 Å². The Labute approximate surface area is 86.3 Å². The molecule has 0 aliphatic carbocycles. The molecule has 0 radical (unpaired) electrons. The predicted octanol–water partition coefficient (Wildman–Crippen LogP) is 1.91. The standard InChI is InChI=1S/C8H4F3NO4/c9-6-2-1-4(12(15)16)3-5(6)8(10,11)7(13)14/h1-3H,(H,13,14). The number of nitrogens with zero attached hydrogens (tertiary/aromatic N) is 1. The summed E-state index contributed by atoms with van der Waals surface area (Å²) >= 11 is 0. The van der Waals surface area contributed by atoms with E-state index in [0.717, 1.165) is 0 Å². The third kappa shape index (κ3) is 1.95. The summed E-state index contributed by atoms with van der Waals surface area (Å²) in [5.74, 6) is -8.60. The van der Waals surface area contributed by atoms with Gasteiger partial charge in [0.25, 0.3) is 5.69 Å². The van der Waals surface area contributed by atoms with Crippen LogP contribution in [0.1, 0.15) is 5.56 Å². The molecule has 1 aromatic rings. The van der Waals surface area contributed by atoms with Gasteiger partial charge in [0.2, 0.25) is 0 Å². The third-order valence-electron chi connectivity index (χ3n) is 1.77. The lowest BCUT2D eigenvalue weighted by molar-refractivity contribution is -0.385. The highest BCUT2D eigenvalue weighted by molar-refractivity contribution is 5.77. The second-order valence-electron chi connectivity index (χ2n) is 2.80. The van der Waals surface area contributed by atoms with Gasteiger partial charge in [0.15, 0.2) is 0 Å². The van der Waals surface area contributed by atoms with E-state index in [4.69, 9.17) is 5.11 Å². The Kier molecular flexibility index (Phi) is 2.84. The quantitative estimate of drug-likeness (QED) is 0.640. The van der Waals surface area contributed by atoms with Crippen molar-refractivity contribution in [1.82, 2.24) is 0 Å². The van der Waals surface area contributed by atoms with Crippen LogP contribution in [-0.4, -0.2) is 16.0 Å². The summed E-state index contributed by atoms with van der Waals surface area (Å²) in [4.78, 5) is 19.4. The maximum atomic E-state index is 12.9. The molecule has 16 heavy (non-hydrogen) atoms. The molecule has 5 nitrogen and oxygen atoms in total. The molecule has 0 fully saturated rings. The lowest BCUT2D eigenvalue weighted by Crippen LogP contribution is -2.26. The van der Waals surface area contributed by atoms with Gasteiger partial charge in [-0.25, -0.2) is 9.18 Å². The summed E-state index contributed by atoms with van der Waals surface area (Å²) in [7, 11) is 0. The Bertz CT molecular complexity index is 461. The van der Waals surface area contributed by atoms with Crippen LogP contribution in [0.25, 0.3) is 0 Å². The first kappa shape index (κ1) is 12.0. The highest BCUT2D eigenvalue weighted by atomic mass is 19.3. The maximum Gasteiger partial charge on any atom is 0.379 e. The van der Waals surface area contributed by atoms with Crippen LogP contribution < -0.4 is 0 Å². The number of nitro benzene ring substituents is 1. The maximum absolute atomic E-state index is 12.9. The van der Waals surface area contributed by atoms with Gasteiger partial charge in [-0.05, 0) is 6.07 Å². The number of aliphatic carboxylic acids is 1. The van der Waals surface area contributed by atoms with Gasteiger partial charge in [-0.3, -0.25) is 10.1 Å². The zero-order chi connectivity index (χ0) is 12.5. The number of halogens is 3. The predicted molar refractivity (Wildman–Crippen MR) is 44.6 cm³/mol. The molecule has 0 saturated heterocycles. The molecule has 8 heteroatoms. The minimum atomic E-state index is -4.50. The smallest absolute Gasteiger partial charge is 0.379 e. The summed E-state index contributed by atoms with van der Waals surface area (Å²) in [5, 5.41) is 18.4. The topological polar surface area (TPSA) is 80.4 Å². The van der Waals surface area contributed by atoms with E-state index >= 15 is 0 Å². The van der Waals surface area contributed by atoms with Crippen LogP contribution in [0, 0.1) is 15.9 Å². The van der Waals surface area contributed by atoms with E-state index in [9.17, 15) is 28.1 Å². The molecule has 0 atom stereocenters. The minimum Gasteiger partial charge on any atom is -0.477 e. The normalized spacial score (nSPS) is 11.2. The first-order valence-corrected chi connectivity index (χ1v) is 3.82. The lowest BCUT2D eigenvalue weighted by Gasteiger charge is -2.11. The first-order chi connectivity index (χ1) is 7.26. The van der Waals surface area contributed by atoms with Gasteiger partial charge in [0, 0.05) is 12.1 Å². The van der Waals surface area contributed by atoms with Crippen molar-refractivity contribution in [3.63, 3.8) is 0 Å². The summed E-state index contributed by atoms with van der Waals surface area (Å²) in [6.07, 6.45) is 0. The van der Waals surface area contributed by atoms with Crippen LogP contribution in [0.2, 0.25) is 0 Å². The molecule has 1 aromatic carbocycles. The molecule has 0 unspecified atom stereocenters. The number of hydrogen-bond donors (Lipinski definition) is 1. The number of hydrogen-bond acceptors (Lipinski definition) is 3. The van der Waals surface area contributed by atoms with Gasteiger partial charge in [-0.1, -0.05) is 0 Å². The molecule has 0 spiro atoms. The van der Waals surface area contributed by atoms with Crippen molar-refractivity contribution in [2.45, 2.75) is 5.92 Å². The SMILES string of the molecule is O=C(O)C(F)(F)c1cc([N+](=O)[O-])ccc1F. The van der Waals surface area contributed by atoms with E-state index in [2.05, 4.69) is 0 Å². The van der Waals surface area contributed by atoms with E-state index in [-0.39, 0.29) is 6.07 Å². The number of benzene rings is 1. The van der Waals surface area contributed by atoms with Gasteiger partial charge in [-0.15, -0.1) is 0 Å². The van der Waals surface area contributed by atoms with Gasteiger partial charge < -0.3 is 5.11 Å². The van der Waals surface area contributed by atoms with Crippen molar-refractivity contribution >= 4 is 11.7 Å². The molecular formula is C8H4F3NO4. The van der Waals surface area contributed by atoms with Crippen molar-refractivity contribution < 1.29 is 28.0 Å². The van der Waals surface area contributed by atoms with Gasteiger partial charge in [0.05, 0.1) is 10.5 Å². The molecule has 0 aliphatic heterocycles. The minimum absolute atomic E-state index is 0.198. The fourth-order valence-corrected chi connectivity index (χ4v) is 0.983. The number of non-ortho nitro benzene ring substituents is 1. The molecule has 0 bridgehead atoms. The third-order valence-corrected chi connectivity index (χ3v) is 1.77. The fourth-order valence-electron chi connectivity index (χ4n) is 0.983. The van der Waals surface area contributed by atoms with E-state index < -0.39 is 33.9 Å². The monoisotopic (exact) mass is 235 g/mol. The Balaban J connectivity index is 3.38. The van der Waals surface area contributed by atoms with E-state index in [1.54, 1.807) is 0 Å². The summed E-state index contributed by atoms with van der Waals surface area (Å²) < 4.78 is 38.8. The number of carboxylic acid groups (broad SMARTS) is 1. The highest BCUT2D eigenvalue weighted by Crippen LogP contribution is 2.32. The fraction of sp³-hybridized carbons (Fsp3) is 0.125. The average molecular weight is 235 g/mol. The van der Waals surface area contributed by atoms with Crippen molar-refractivity contribution in [2.75, 3.05) is 0 Å². The summed E-state index contributed by atoms with van der Waals surface area (Å²) in [6, 6.07) is 1.28. The Morgan fingerprint density at radius 1 is 1.44 bits per heavy atom. The largest absolute Gasteiger partial charge is 0.477 e. The molecular weight excluding hydrogens is 231 g/mol. The number of nitro groups is 1. The van der Waals surface area contributed by atoms with Crippen LogP contribution in [0.15, 0.2) is 18.2 Å². The molecule has 0 amide bonds. The molecule has 0 aromatic heterocycles. The highest BCUT2D eigenvalue weighted by Gasteiger charge is 2.44. The zero-order valence-corrected chi connectivity index (χ0v) is 7.49. The number of rotatable bonds is 3. The van der Waals surface area contributed by atoms with Crippen molar-refractivity contribution in [1.29, 1.82) is 0 Å². The Morgan fingerprint density at radius 2 is 2.00 bits per heavy atom. The molecule has 0 saturated carbocycles. The van der Waals surface area contributed by atoms with E-state index in [1.165, 1.54) is 0 Å². The zero-order valence-electron chi connectivity index (χ0n) is 7.49. The van der Waals surface area contributed by atoms with Gasteiger partial charge >= 0.3 is 11.9 Å². The van der Waals surface area contributed by atoms with E-state index in [0.29, 0.717) is 12.1 Å². The van der Waals surface area contributed by atoms with Gasteiger partial charge in [-0.2, -0.15) is 8.78 Å². The molecule has 86 valence electrons. The van der Waals surface area contributed by atoms with Crippen molar-refractivity contribution in [3.8, 4) is 0 Å². The lowest BCUT2D eigenvalue weighted by atomic mass is 10.1. The average Bonchev–Trinajstić information content (AvgIpc) is 2.17. The molecule has 0 aliphatic rings. The number of carbonyl (C=O) groups is 1. The van der Waals surface area contributed by atoms with Crippen LogP contribution in [0.5, 0.6) is 0 Å². The molecule has 0 heterocycles. The second-order valence-corrected chi connectivity index (χ2v) is 2.80. The molecule has 1 rings (SSSR count). The van der Waals surface area contributed by atoms with Crippen LogP contribution in [-0.2, 0) is 10.7 Å². The van der Waals surface area contributed by atoms with Crippen LogP contribution >= 0.6 is 0 Å². The van der Waals surface area contributed by atoms with Crippen LogP contribution in [0.3, 0.4) is 0 Å². The second kappa shape index (κ2) is 3.80. The Morgan fingerprint density at radius 3 is 2.44 bits per heavy atom. The Hall–Kier alpha value is -2.12. The summed E-state index contributed by atoms with van der Waals surface area (Å²) in [5.41, 5.74) is -2.34. The van der Waals surface area contributed by atoms with E-state index in [1.807, 2.05) is 0 Å². The molecule has 1 N–H and O–H groups in total. The van der Waals surface area contributed by atoms with Gasteiger partial charge in [0.1, 0.15) is 5.82 Å². The number of alkyl halides is 2. The first-order valence-electron chi connectivity index (χ1n) is 3.82. The summed E-state index contributed by atoms with van der Waals surface area (Å²) in [6.45, 7) is 0. The van der Waals surface area contributed by atoms with Crippen LogP contribution in [0.4, 0.5) is 18.9 Å². The van der Waals surface area contributed by atoms with Crippen molar-refractivity contribution in [2.24, 2.45) is 0 Å².